The second-order valence-electron chi connectivity index (χ2n) is 5.79. The minimum Gasteiger partial charge on any atom is -0.358 e. The van der Waals surface area contributed by atoms with Gasteiger partial charge in [0.25, 0.3) is 0 Å². The average Bonchev–Trinajstić information content (AvgIpc) is 3.06. The number of nitrogens with one attached hydrogen (secondary N) is 1. The van der Waals surface area contributed by atoms with Crippen molar-refractivity contribution in [2.24, 2.45) is 10.1 Å². The molecule has 1 aromatic carbocycles. The summed E-state index contributed by atoms with van der Waals surface area (Å²) in [7, 11) is 0. The lowest BCUT2D eigenvalue weighted by Crippen LogP contribution is -2.37. The lowest BCUT2D eigenvalue weighted by molar-refractivity contribution is -0.346. The molecule has 0 amide bonds. The Bertz CT molecular complexity index is 849. The summed E-state index contributed by atoms with van der Waals surface area (Å²) in [6, 6.07) is 10.9. The molecule has 26 heavy (non-hydrogen) atoms. The van der Waals surface area contributed by atoms with Crippen LogP contribution in [0, 0.1) is 17.0 Å². The topological polar surface area (TPSA) is 96.0 Å². The number of aromatic nitrogens is 1. The van der Waals surface area contributed by atoms with Gasteiger partial charge in [-0.05, 0) is 35.6 Å². The normalized spacial score (nSPS) is 14.3. The van der Waals surface area contributed by atoms with Gasteiger partial charge in [0, 0.05) is 19.3 Å². The van der Waals surface area contributed by atoms with E-state index >= 15 is 0 Å². The Labute approximate surface area is 155 Å². The number of hydrogen-bond donors (Lipinski definition) is 1. The average molecular weight is 373 g/mol. The maximum Gasteiger partial charge on any atom is 0.430 e. The molecule has 9 heteroatoms. The Hall–Kier alpha value is -3.00. The van der Waals surface area contributed by atoms with Gasteiger partial charge in [0.15, 0.2) is 0 Å². The van der Waals surface area contributed by atoms with Gasteiger partial charge in [0.05, 0.1) is 17.3 Å². The van der Waals surface area contributed by atoms with E-state index in [1.165, 1.54) is 0 Å². The van der Waals surface area contributed by atoms with Crippen LogP contribution < -0.4 is 5.43 Å². The molecular formula is C17H17ClN6O2. The molecule has 3 rings (SSSR count). The zero-order valence-corrected chi connectivity index (χ0v) is 14.8. The van der Waals surface area contributed by atoms with E-state index < -0.39 is 4.92 Å². The minimum absolute atomic E-state index is 0.254. The number of benzene rings is 1. The maximum absolute atomic E-state index is 11.5. The first-order chi connectivity index (χ1) is 12.5. The van der Waals surface area contributed by atoms with Crippen LogP contribution in [0.5, 0.6) is 0 Å². The number of nitrogens with zero attached hydrogens (tertiary/aromatic N) is 5. The van der Waals surface area contributed by atoms with E-state index in [-0.39, 0.29) is 11.7 Å². The summed E-state index contributed by atoms with van der Waals surface area (Å²) in [6.45, 7) is 3.47. The van der Waals surface area contributed by atoms with E-state index in [0.29, 0.717) is 30.5 Å². The van der Waals surface area contributed by atoms with Crippen molar-refractivity contribution in [3.8, 4) is 0 Å². The third-order valence-corrected chi connectivity index (χ3v) is 4.03. The van der Waals surface area contributed by atoms with E-state index in [1.807, 2.05) is 42.2 Å². The van der Waals surface area contributed by atoms with Gasteiger partial charge in [-0.25, -0.2) is 4.98 Å². The van der Waals surface area contributed by atoms with Gasteiger partial charge >= 0.3 is 5.84 Å². The lowest BCUT2D eigenvalue weighted by atomic mass is 10.2. The molecular weight excluding hydrogens is 356 g/mol. The molecule has 0 saturated heterocycles. The standard InChI is InChI=1S/C17H17ClN6O2/c1-12-2-5-14(6-3-12)21-22-17(24(25)26)16-19-8-9-23(16)11-13-4-7-15(18)20-10-13/h2-7,10,21H,8-9,11H2,1H3/b22-17-. The molecule has 1 N–H and O–H groups in total. The molecule has 0 atom stereocenters. The third-order valence-electron chi connectivity index (χ3n) is 3.81. The second-order valence-corrected chi connectivity index (χ2v) is 6.17. The fourth-order valence-electron chi connectivity index (χ4n) is 2.49. The number of halogens is 1. The summed E-state index contributed by atoms with van der Waals surface area (Å²) in [5.41, 5.74) is 5.38. The first-order valence-electron chi connectivity index (χ1n) is 7.98. The van der Waals surface area contributed by atoms with E-state index in [4.69, 9.17) is 11.6 Å². The van der Waals surface area contributed by atoms with Crippen molar-refractivity contribution >= 4 is 29.0 Å². The predicted octanol–water partition coefficient (Wildman–Crippen LogP) is 2.96. The second kappa shape index (κ2) is 7.92. The number of aliphatic imine (C=N–C) groups is 1. The van der Waals surface area contributed by atoms with Gasteiger partial charge in [-0.2, -0.15) is 5.43 Å². The van der Waals surface area contributed by atoms with Gasteiger partial charge in [-0.15, -0.1) is 0 Å². The van der Waals surface area contributed by atoms with Crippen molar-refractivity contribution < 1.29 is 4.92 Å². The van der Waals surface area contributed by atoms with Crippen molar-refractivity contribution in [3.63, 3.8) is 0 Å². The highest BCUT2D eigenvalue weighted by molar-refractivity contribution is 6.37. The minimum atomic E-state index is -0.529. The van der Waals surface area contributed by atoms with Crippen molar-refractivity contribution in [2.45, 2.75) is 13.5 Å². The largest absolute Gasteiger partial charge is 0.430 e. The molecule has 0 fully saturated rings. The fourth-order valence-corrected chi connectivity index (χ4v) is 2.60. The summed E-state index contributed by atoms with van der Waals surface area (Å²) in [5.74, 6) is -0.0606. The molecule has 1 aliphatic heterocycles. The van der Waals surface area contributed by atoms with E-state index in [2.05, 4.69) is 20.5 Å². The number of rotatable bonds is 5. The highest BCUT2D eigenvalue weighted by atomic mass is 35.5. The molecule has 1 aliphatic rings. The monoisotopic (exact) mass is 372 g/mol. The zero-order chi connectivity index (χ0) is 18.5. The van der Waals surface area contributed by atoms with Gasteiger partial charge in [-0.3, -0.25) is 4.99 Å². The molecule has 0 spiro atoms. The number of anilines is 1. The van der Waals surface area contributed by atoms with Crippen molar-refractivity contribution in [2.75, 3.05) is 18.5 Å². The van der Waals surface area contributed by atoms with Crippen molar-refractivity contribution in [1.82, 2.24) is 9.88 Å². The molecule has 0 aliphatic carbocycles. The molecule has 2 heterocycles. The maximum atomic E-state index is 11.5. The van der Waals surface area contributed by atoms with E-state index in [1.54, 1.807) is 12.3 Å². The predicted molar refractivity (Wildman–Crippen MR) is 101 cm³/mol. The highest BCUT2D eigenvalue weighted by Crippen LogP contribution is 2.13. The zero-order valence-electron chi connectivity index (χ0n) is 14.1. The molecule has 2 aromatic rings. The van der Waals surface area contributed by atoms with Gasteiger partial charge < -0.3 is 15.0 Å². The smallest absolute Gasteiger partial charge is 0.358 e. The van der Waals surface area contributed by atoms with Crippen molar-refractivity contribution in [1.29, 1.82) is 0 Å². The van der Waals surface area contributed by atoms with Crippen molar-refractivity contribution in [3.05, 3.63) is 69.0 Å². The Morgan fingerprint density at radius 2 is 2.12 bits per heavy atom. The summed E-state index contributed by atoms with van der Waals surface area (Å²) in [5, 5.41) is 15.9. The van der Waals surface area contributed by atoms with Crippen LogP contribution in [0.25, 0.3) is 0 Å². The lowest BCUT2D eigenvalue weighted by Gasteiger charge is -2.18. The summed E-state index contributed by atoms with van der Waals surface area (Å²) in [6.07, 6.45) is 1.64. The quantitative estimate of drug-likeness (QED) is 0.286. The number of hydrazone groups is 1. The Kier molecular flexibility index (Phi) is 5.43. The summed E-state index contributed by atoms with van der Waals surface area (Å²) in [4.78, 5) is 21.1. The number of nitro groups is 1. The summed E-state index contributed by atoms with van der Waals surface area (Å²) < 4.78 is 0. The van der Waals surface area contributed by atoms with Crippen LogP contribution in [0.1, 0.15) is 11.1 Å². The van der Waals surface area contributed by atoms with Gasteiger partial charge in [0.1, 0.15) is 5.15 Å². The van der Waals surface area contributed by atoms with Crippen LogP contribution in [-0.2, 0) is 6.54 Å². The SMILES string of the molecule is Cc1ccc(N/N=C(/C2=NCCN2Cc2ccc(Cl)nc2)[N+](=O)[O-])cc1. The van der Waals surface area contributed by atoms with Crippen LogP contribution in [0.2, 0.25) is 5.15 Å². The highest BCUT2D eigenvalue weighted by Gasteiger charge is 2.31. The third kappa shape index (κ3) is 4.34. The molecule has 0 bridgehead atoms. The molecule has 0 radical (unpaired) electrons. The molecule has 134 valence electrons. The molecule has 1 aromatic heterocycles. The number of amidine groups is 2. The van der Waals surface area contributed by atoms with Crippen LogP contribution in [0.3, 0.4) is 0 Å². The summed E-state index contributed by atoms with van der Waals surface area (Å²) >= 11 is 5.79. The number of aryl methyl sites for hydroxylation is 1. The molecule has 8 nitrogen and oxygen atoms in total. The molecule has 0 saturated carbocycles. The first-order valence-corrected chi connectivity index (χ1v) is 8.35. The van der Waals surface area contributed by atoms with Crippen LogP contribution in [0.15, 0.2) is 52.7 Å². The Morgan fingerprint density at radius 3 is 2.77 bits per heavy atom. The van der Waals surface area contributed by atoms with Crippen LogP contribution in [-0.4, -0.2) is 39.6 Å². The Morgan fingerprint density at radius 1 is 1.35 bits per heavy atom. The number of pyridine rings is 1. The van der Waals surface area contributed by atoms with Crippen LogP contribution >= 0.6 is 11.6 Å². The van der Waals surface area contributed by atoms with Gasteiger partial charge in [0.2, 0.25) is 5.84 Å². The fraction of sp³-hybridized carbons (Fsp3) is 0.235. The van der Waals surface area contributed by atoms with Gasteiger partial charge in [-0.1, -0.05) is 35.4 Å². The van der Waals surface area contributed by atoms with Crippen LogP contribution in [0.4, 0.5) is 5.69 Å². The number of hydrogen-bond acceptors (Lipinski definition) is 7. The molecule has 0 unspecified atom stereocenters. The van der Waals surface area contributed by atoms with E-state index in [0.717, 1.165) is 11.1 Å². The Balaban J connectivity index is 1.77. The van der Waals surface area contributed by atoms with E-state index in [9.17, 15) is 10.1 Å². The first kappa shape index (κ1) is 17.8.